The Morgan fingerprint density at radius 3 is 2.95 bits per heavy atom. The summed E-state index contributed by atoms with van der Waals surface area (Å²) in [5.41, 5.74) is 2.33. The number of carbonyl (C=O) groups is 1. The maximum atomic E-state index is 11.8. The standard InChI is InChI=1S/C16H17N3O2S/c1-4-21-15(20)14-11(2)18-16(22-14)19(3)10-13-7-5-6-12(8-13)9-17/h5-8H,4,10H2,1-3H3. The number of thiazole rings is 1. The summed E-state index contributed by atoms with van der Waals surface area (Å²) in [4.78, 5) is 18.8. The zero-order valence-electron chi connectivity index (χ0n) is 12.8. The molecule has 0 atom stereocenters. The zero-order chi connectivity index (χ0) is 16.1. The number of nitriles is 1. The second-order valence-electron chi connectivity index (χ2n) is 4.80. The molecule has 0 amide bonds. The molecular weight excluding hydrogens is 298 g/mol. The first kappa shape index (κ1) is 16.0. The fraction of sp³-hybridized carbons (Fsp3) is 0.312. The van der Waals surface area contributed by atoms with E-state index in [1.165, 1.54) is 11.3 Å². The average Bonchev–Trinajstić information content (AvgIpc) is 2.90. The number of anilines is 1. The third-order valence-electron chi connectivity index (χ3n) is 3.05. The van der Waals surface area contributed by atoms with Crippen LogP contribution in [-0.2, 0) is 11.3 Å². The van der Waals surface area contributed by atoms with Crippen molar-refractivity contribution in [2.75, 3.05) is 18.6 Å². The minimum absolute atomic E-state index is 0.330. The van der Waals surface area contributed by atoms with Gasteiger partial charge in [0.2, 0.25) is 0 Å². The molecule has 0 bridgehead atoms. The predicted octanol–water partition coefficient (Wildman–Crippen LogP) is 3.14. The highest BCUT2D eigenvalue weighted by molar-refractivity contribution is 7.17. The van der Waals surface area contributed by atoms with Gasteiger partial charge < -0.3 is 9.64 Å². The summed E-state index contributed by atoms with van der Waals surface area (Å²) in [6.07, 6.45) is 0. The van der Waals surface area contributed by atoms with Crippen LogP contribution in [0.15, 0.2) is 24.3 Å². The number of hydrogen-bond acceptors (Lipinski definition) is 6. The van der Waals surface area contributed by atoms with Crippen LogP contribution in [0.3, 0.4) is 0 Å². The predicted molar refractivity (Wildman–Crippen MR) is 86.1 cm³/mol. The number of esters is 1. The molecule has 1 aromatic heterocycles. The smallest absolute Gasteiger partial charge is 0.350 e. The highest BCUT2D eigenvalue weighted by atomic mass is 32.1. The average molecular weight is 315 g/mol. The van der Waals surface area contributed by atoms with E-state index in [1.54, 1.807) is 19.9 Å². The summed E-state index contributed by atoms with van der Waals surface area (Å²) in [7, 11) is 1.91. The molecule has 1 heterocycles. The minimum Gasteiger partial charge on any atom is -0.462 e. The Kier molecular flexibility index (Phi) is 5.12. The van der Waals surface area contributed by atoms with E-state index >= 15 is 0 Å². The van der Waals surface area contributed by atoms with Gasteiger partial charge >= 0.3 is 5.97 Å². The first-order valence-electron chi connectivity index (χ1n) is 6.90. The van der Waals surface area contributed by atoms with Crippen LogP contribution in [0.25, 0.3) is 0 Å². The van der Waals surface area contributed by atoms with E-state index < -0.39 is 0 Å². The third kappa shape index (κ3) is 3.62. The molecule has 2 rings (SSSR count). The Morgan fingerprint density at radius 2 is 2.27 bits per heavy atom. The van der Waals surface area contributed by atoms with Crippen molar-refractivity contribution < 1.29 is 9.53 Å². The molecule has 6 heteroatoms. The van der Waals surface area contributed by atoms with E-state index in [1.807, 2.05) is 30.1 Å². The minimum atomic E-state index is -0.330. The quantitative estimate of drug-likeness (QED) is 0.793. The van der Waals surface area contributed by atoms with E-state index in [0.717, 1.165) is 10.7 Å². The normalized spacial score (nSPS) is 10.1. The third-order valence-corrected chi connectivity index (χ3v) is 4.30. The molecule has 0 fully saturated rings. The van der Waals surface area contributed by atoms with Crippen molar-refractivity contribution in [3.05, 3.63) is 46.0 Å². The lowest BCUT2D eigenvalue weighted by Gasteiger charge is -2.15. The van der Waals surface area contributed by atoms with Crippen LogP contribution in [0.4, 0.5) is 5.13 Å². The van der Waals surface area contributed by atoms with Crippen molar-refractivity contribution in [3.8, 4) is 6.07 Å². The molecule has 0 aliphatic heterocycles. The Hall–Kier alpha value is -2.39. The monoisotopic (exact) mass is 315 g/mol. The number of rotatable bonds is 5. The van der Waals surface area contributed by atoms with Crippen molar-refractivity contribution in [2.45, 2.75) is 20.4 Å². The van der Waals surface area contributed by atoms with Crippen molar-refractivity contribution in [3.63, 3.8) is 0 Å². The maximum absolute atomic E-state index is 11.8. The van der Waals surface area contributed by atoms with Gasteiger partial charge in [0.25, 0.3) is 0 Å². The molecule has 2 aromatic rings. The van der Waals surface area contributed by atoms with Crippen molar-refractivity contribution in [1.29, 1.82) is 5.26 Å². The van der Waals surface area contributed by atoms with E-state index in [2.05, 4.69) is 11.1 Å². The van der Waals surface area contributed by atoms with Gasteiger partial charge in [0.1, 0.15) is 4.88 Å². The van der Waals surface area contributed by atoms with Crippen LogP contribution >= 0.6 is 11.3 Å². The number of aryl methyl sites for hydroxylation is 1. The molecule has 5 nitrogen and oxygen atoms in total. The number of nitrogens with zero attached hydrogens (tertiary/aromatic N) is 3. The zero-order valence-corrected chi connectivity index (χ0v) is 13.6. The van der Waals surface area contributed by atoms with Crippen molar-refractivity contribution >= 4 is 22.4 Å². The Morgan fingerprint density at radius 1 is 1.50 bits per heavy atom. The SMILES string of the molecule is CCOC(=O)c1sc(N(C)Cc2cccc(C#N)c2)nc1C. The second-order valence-corrected chi connectivity index (χ2v) is 5.78. The van der Waals surface area contributed by atoms with Gasteiger partial charge in [-0.25, -0.2) is 9.78 Å². The summed E-state index contributed by atoms with van der Waals surface area (Å²) >= 11 is 1.32. The van der Waals surface area contributed by atoms with E-state index in [0.29, 0.717) is 29.3 Å². The summed E-state index contributed by atoms with van der Waals surface area (Å²) in [5, 5.41) is 9.69. The van der Waals surface area contributed by atoms with Crippen LogP contribution < -0.4 is 4.90 Å². The summed E-state index contributed by atoms with van der Waals surface area (Å²) in [6, 6.07) is 9.58. The highest BCUT2D eigenvalue weighted by Gasteiger charge is 2.18. The molecule has 114 valence electrons. The number of benzene rings is 1. The van der Waals surface area contributed by atoms with E-state index in [4.69, 9.17) is 10.00 Å². The van der Waals surface area contributed by atoms with Crippen LogP contribution in [0.2, 0.25) is 0 Å². The Bertz CT molecular complexity index is 718. The lowest BCUT2D eigenvalue weighted by Crippen LogP contribution is -2.16. The Balaban J connectivity index is 2.16. The number of ether oxygens (including phenoxy) is 1. The largest absolute Gasteiger partial charge is 0.462 e. The molecule has 0 spiro atoms. The topological polar surface area (TPSA) is 66.2 Å². The van der Waals surface area contributed by atoms with Gasteiger partial charge in [-0.3, -0.25) is 0 Å². The molecule has 0 unspecified atom stereocenters. The highest BCUT2D eigenvalue weighted by Crippen LogP contribution is 2.27. The fourth-order valence-electron chi connectivity index (χ4n) is 2.01. The van der Waals surface area contributed by atoms with Gasteiger partial charge in [-0.15, -0.1) is 0 Å². The first-order chi connectivity index (χ1) is 10.5. The summed E-state index contributed by atoms with van der Waals surface area (Å²) in [6.45, 7) is 4.55. The molecule has 1 aromatic carbocycles. The molecule has 0 N–H and O–H groups in total. The lowest BCUT2D eigenvalue weighted by molar-refractivity contribution is 0.0531. The van der Waals surface area contributed by atoms with Crippen LogP contribution in [-0.4, -0.2) is 24.6 Å². The van der Waals surface area contributed by atoms with E-state index in [-0.39, 0.29) is 5.97 Å². The van der Waals surface area contributed by atoms with Gasteiger partial charge in [0.15, 0.2) is 5.13 Å². The lowest BCUT2D eigenvalue weighted by atomic mass is 10.1. The Labute approximate surface area is 133 Å². The van der Waals surface area contributed by atoms with Gasteiger partial charge in [-0.2, -0.15) is 5.26 Å². The molecule has 22 heavy (non-hydrogen) atoms. The van der Waals surface area contributed by atoms with Crippen molar-refractivity contribution in [1.82, 2.24) is 4.98 Å². The van der Waals surface area contributed by atoms with E-state index in [9.17, 15) is 4.79 Å². The summed E-state index contributed by atoms with van der Waals surface area (Å²) < 4.78 is 5.03. The van der Waals surface area contributed by atoms with Gasteiger partial charge in [0.05, 0.1) is 23.9 Å². The molecule has 0 aliphatic rings. The van der Waals surface area contributed by atoms with Crippen LogP contribution in [0.5, 0.6) is 0 Å². The number of aromatic nitrogens is 1. The summed E-state index contributed by atoms with van der Waals surface area (Å²) in [5.74, 6) is -0.330. The van der Waals surface area contributed by atoms with Crippen molar-refractivity contribution in [2.24, 2.45) is 0 Å². The van der Waals surface area contributed by atoms with Gasteiger partial charge in [-0.1, -0.05) is 23.5 Å². The maximum Gasteiger partial charge on any atom is 0.350 e. The molecular formula is C16H17N3O2S. The van der Waals surface area contributed by atoms with Crippen LogP contribution in [0.1, 0.15) is 33.4 Å². The van der Waals surface area contributed by atoms with Gasteiger partial charge in [0, 0.05) is 13.6 Å². The fourth-order valence-corrected chi connectivity index (χ4v) is 2.93. The number of carbonyl (C=O) groups excluding carboxylic acids is 1. The van der Waals surface area contributed by atoms with Gasteiger partial charge in [-0.05, 0) is 31.5 Å². The second kappa shape index (κ2) is 7.05. The number of hydrogen-bond donors (Lipinski definition) is 0. The molecule has 0 aliphatic carbocycles. The molecule has 0 radical (unpaired) electrons. The van der Waals surface area contributed by atoms with Crippen LogP contribution in [0, 0.1) is 18.3 Å². The molecule has 0 saturated carbocycles. The molecule has 0 saturated heterocycles. The first-order valence-corrected chi connectivity index (χ1v) is 7.71.